The Morgan fingerprint density at radius 3 is 2.69 bits per heavy atom. The van der Waals surface area contributed by atoms with Gasteiger partial charge in [0.1, 0.15) is 0 Å². The zero-order chi connectivity index (χ0) is 11.0. The van der Waals surface area contributed by atoms with Crippen LogP contribution < -0.4 is 0 Å². The lowest BCUT2D eigenvalue weighted by Gasteiger charge is -2.04. The predicted octanol–water partition coefficient (Wildman–Crippen LogP) is 1.68. The third-order valence-corrected chi connectivity index (χ3v) is 1.88. The third-order valence-electron chi connectivity index (χ3n) is 1.88. The summed E-state index contributed by atoms with van der Waals surface area (Å²) in [6, 6.07) is 5.12. The third kappa shape index (κ3) is 1.51. The Morgan fingerprint density at radius 1 is 1.31 bits per heavy atom. The number of nitrogens with zero attached hydrogens (tertiary/aromatic N) is 2. The molecule has 0 aliphatic carbocycles. The molecule has 13 heavy (non-hydrogen) atoms. The quantitative estimate of drug-likeness (QED) is 0.719. The number of fused-ring (bicyclic) bond motifs is 1. The van der Waals surface area contributed by atoms with Crippen molar-refractivity contribution < 1.29 is 7.85 Å². The predicted molar refractivity (Wildman–Crippen MR) is 50.2 cm³/mol. The summed E-state index contributed by atoms with van der Waals surface area (Å²) in [5.41, 5.74) is 1.84. The van der Waals surface area contributed by atoms with Crippen LogP contribution in [0.1, 0.15) is 21.3 Å². The molecule has 0 fully saturated rings. The molecule has 0 amide bonds. The van der Waals surface area contributed by atoms with E-state index < -0.39 is 6.10 Å². The molecule has 0 aliphatic rings. The summed E-state index contributed by atoms with van der Waals surface area (Å²) in [4.78, 5) is 7.83. The van der Waals surface area contributed by atoms with Crippen LogP contribution in [0.15, 0.2) is 30.5 Å². The largest absolute Gasteiger partial charge is 0.389 e. The van der Waals surface area contributed by atoms with Gasteiger partial charge in [-0.3, -0.25) is 9.97 Å². The van der Waals surface area contributed by atoms with Gasteiger partial charge in [-0.15, -0.1) is 0 Å². The van der Waals surface area contributed by atoms with Crippen LogP contribution in [0.25, 0.3) is 11.0 Å². The normalized spacial score (nSPS) is 15.2. The Bertz CT molecular complexity index is 514. The highest BCUT2D eigenvalue weighted by molar-refractivity contribution is 5.74. The van der Waals surface area contributed by atoms with Crippen LogP contribution in [0.4, 0.5) is 0 Å². The van der Waals surface area contributed by atoms with E-state index in [0.717, 1.165) is 5.56 Å². The van der Waals surface area contributed by atoms with Gasteiger partial charge in [0.15, 0.2) is 0 Å². The van der Waals surface area contributed by atoms with Crippen molar-refractivity contribution in [2.75, 3.05) is 0 Å². The van der Waals surface area contributed by atoms with Crippen molar-refractivity contribution in [3.05, 3.63) is 36.1 Å². The van der Waals surface area contributed by atoms with Gasteiger partial charge in [0.2, 0.25) is 0 Å². The molecule has 0 saturated carbocycles. The van der Waals surface area contributed by atoms with Crippen molar-refractivity contribution in [2.45, 2.75) is 13.0 Å². The van der Waals surface area contributed by atoms with Gasteiger partial charge in [0.25, 0.3) is 0 Å². The van der Waals surface area contributed by atoms with Crippen molar-refractivity contribution in [2.24, 2.45) is 0 Å². The van der Waals surface area contributed by atoms with Gasteiger partial charge in [0, 0.05) is 12.3 Å². The first-order valence-corrected chi connectivity index (χ1v) is 4.01. The number of rotatable bonds is 1. The van der Waals surface area contributed by atoms with Gasteiger partial charge in [-0.2, -0.15) is 0 Å². The minimum atomic E-state index is -0.568. The first kappa shape index (κ1) is 6.05. The monoisotopic (exact) mass is 176 g/mol. The van der Waals surface area contributed by atoms with E-state index in [2.05, 4.69) is 9.97 Å². The summed E-state index contributed by atoms with van der Waals surface area (Å²) in [6.45, 7) is 1.66. The van der Waals surface area contributed by atoms with Crippen molar-refractivity contribution in [3.63, 3.8) is 0 Å². The Hall–Kier alpha value is -1.48. The van der Waals surface area contributed by atoms with Crippen molar-refractivity contribution in [1.82, 2.24) is 9.97 Å². The van der Waals surface area contributed by atoms with Crippen LogP contribution in [0.2, 0.25) is 0 Å². The highest BCUT2D eigenvalue weighted by atomic mass is 16.3. The summed E-state index contributed by atoms with van der Waals surface area (Å²) in [5.74, 6) is 0. The van der Waals surface area contributed by atoms with Gasteiger partial charge in [-0.05, 0) is 24.6 Å². The SMILES string of the molecule is [2H]c1nc2ccc(C(C)O)cc2nc1[2H]. The fourth-order valence-electron chi connectivity index (χ4n) is 1.15. The number of benzene rings is 1. The average Bonchev–Trinajstić information content (AvgIpc) is 2.19. The maximum absolute atomic E-state index is 9.37. The number of aliphatic hydroxyl groups excluding tert-OH is 1. The molecule has 3 nitrogen and oxygen atoms in total. The van der Waals surface area contributed by atoms with E-state index in [1.165, 1.54) is 0 Å². The molecule has 1 unspecified atom stereocenters. The minimum absolute atomic E-state index is 0.132. The minimum Gasteiger partial charge on any atom is -0.389 e. The molecule has 0 saturated heterocycles. The van der Waals surface area contributed by atoms with Gasteiger partial charge >= 0.3 is 0 Å². The first-order chi connectivity index (χ1) is 7.08. The van der Waals surface area contributed by atoms with Gasteiger partial charge in [-0.25, -0.2) is 0 Å². The van der Waals surface area contributed by atoms with Crippen molar-refractivity contribution in [3.8, 4) is 0 Å². The molecule has 0 bridgehead atoms. The van der Waals surface area contributed by atoms with E-state index in [1.54, 1.807) is 25.1 Å². The lowest BCUT2D eigenvalue weighted by molar-refractivity contribution is 0.199. The molecule has 1 N–H and O–H groups in total. The van der Waals surface area contributed by atoms with Crippen molar-refractivity contribution in [1.29, 1.82) is 0 Å². The molecule has 0 spiro atoms. The summed E-state index contributed by atoms with van der Waals surface area (Å²) in [6.07, 6.45) is -0.849. The maximum Gasteiger partial charge on any atom is 0.0890 e. The summed E-state index contributed by atoms with van der Waals surface area (Å²) < 4.78 is 14.7. The van der Waals surface area contributed by atoms with Gasteiger partial charge in [-0.1, -0.05) is 6.07 Å². The van der Waals surface area contributed by atoms with E-state index >= 15 is 0 Å². The fourth-order valence-corrected chi connectivity index (χ4v) is 1.15. The Morgan fingerprint density at radius 2 is 2.00 bits per heavy atom. The topological polar surface area (TPSA) is 46.0 Å². The van der Waals surface area contributed by atoms with E-state index in [4.69, 9.17) is 2.74 Å². The second-order valence-electron chi connectivity index (χ2n) is 2.87. The second-order valence-corrected chi connectivity index (χ2v) is 2.87. The molecule has 66 valence electrons. The number of hydrogen-bond acceptors (Lipinski definition) is 3. The Balaban J connectivity index is 2.66. The van der Waals surface area contributed by atoms with Crippen LogP contribution >= 0.6 is 0 Å². The highest BCUT2D eigenvalue weighted by Crippen LogP contribution is 2.16. The first-order valence-electron chi connectivity index (χ1n) is 5.01. The smallest absolute Gasteiger partial charge is 0.0890 e. The van der Waals surface area contributed by atoms with Gasteiger partial charge < -0.3 is 5.11 Å². The van der Waals surface area contributed by atoms with Gasteiger partial charge in [0.05, 0.1) is 19.9 Å². The summed E-state index contributed by atoms with van der Waals surface area (Å²) in [5, 5.41) is 9.37. The van der Waals surface area contributed by atoms with Crippen molar-refractivity contribution >= 4 is 11.0 Å². The average molecular weight is 176 g/mol. The molecule has 3 heteroatoms. The molecule has 2 rings (SSSR count). The molecule has 1 atom stereocenters. The second kappa shape index (κ2) is 3.11. The summed E-state index contributed by atoms with van der Waals surface area (Å²) >= 11 is 0. The van der Waals surface area contributed by atoms with E-state index in [0.29, 0.717) is 11.0 Å². The summed E-state index contributed by atoms with van der Waals surface area (Å²) in [7, 11) is 0. The van der Waals surface area contributed by atoms with Crippen LogP contribution in [0.3, 0.4) is 0 Å². The fraction of sp³-hybridized carbons (Fsp3) is 0.200. The van der Waals surface area contributed by atoms with Crippen LogP contribution in [-0.2, 0) is 0 Å². The number of aliphatic hydroxyl groups is 1. The Kier molecular flexibility index (Phi) is 1.44. The van der Waals surface area contributed by atoms with E-state index in [1.807, 2.05) is 0 Å². The molecule has 0 aliphatic heterocycles. The Labute approximate surface area is 78.9 Å². The van der Waals surface area contributed by atoms with E-state index in [9.17, 15) is 5.11 Å². The lowest BCUT2D eigenvalue weighted by atomic mass is 10.1. The van der Waals surface area contributed by atoms with Crippen LogP contribution in [-0.4, -0.2) is 15.1 Å². The van der Waals surface area contributed by atoms with Crippen LogP contribution in [0.5, 0.6) is 0 Å². The zero-order valence-electron chi connectivity index (χ0n) is 9.15. The maximum atomic E-state index is 9.37. The number of hydrogen-bond donors (Lipinski definition) is 1. The van der Waals surface area contributed by atoms with E-state index in [-0.39, 0.29) is 12.3 Å². The molecular formula is C10H10N2O. The number of aromatic nitrogens is 2. The lowest BCUT2D eigenvalue weighted by Crippen LogP contribution is -1.91. The molecule has 0 radical (unpaired) electrons. The molecular weight excluding hydrogens is 164 g/mol. The zero-order valence-corrected chi connectivity index (χ0v) is 7.15. The molecule has 1 aromatic carbocycles. The highest BCUT2D eigenvalue weighted by Gasteiger charge is 2.02. The molecule has 2 aromatic rings. The standard InChI is InChI=1S/C10H10N2O/c1-7(13)8-2-3-9-10(6-8)12-5-4-11-9/h2-7,13H,1H3/i4D,5D. The molecule has 1 aromatic heterocycles. The van der Waals surface area contributed by atoms with Crippen LogP contribution in [0, 0.1) is 0 Å². The molecule has 1 heterocycles.